The highest BCUT2D eigenvalue weighted by molar-refractivity contribution is 5.80. The minimum absolute atomic E-state index is 0.167. The third kappa shape index (κ3) is 4.55. The van der Waals surface area contributed by atoms with Crippen molar-refractivity contribution in [2.75, 3.05) is 20.2 Å². The number of aromatic amines is 1. The maximum Gasteiger partial charge on any atom is 0.253 e. The van der Waals surface area contributed by atoms with Crippen LogP contribution in [0.2, 0.25) is 0 Å². The molecule has 190 valence electrons. The summed E-state index contributed by atoms with van der Waals surface area (Å²) in [4.78, 5) is 18.8. The van der Waals surface area contributed by atoms with E-state index in [9.17, 15) is 9.18 Å². The molecule has 2 aliphatic rings. The number of ether oxygens (including phenoxy) is 1. The SMILES string of the molecule is COc1ccc2cc(C(c3nnnn3C3CCCC3)N3CC=C(c4ccc(F)cc4)CC3)c(=O)[nH]c2c1. The predicted octanol–water partition coefficient (Wildman–Crippen LogP) is 4.66. The van der Waals surface area contributed by atoms with E-state index < -0.39 is 6.04 Å². The molecule has 1 unspecified atom stereocenters. The van der Waals surface area contributed by atoms with E-state index in [1.807, 2.05) is 41.1 Å². The maximum atomic E-state index is 13.5. The standard InChI is InChI=1S/C28H29FN6O2/c1-37-23-11-8-20-16-24(28(36)30-25(20)17-23)26(27-31-32-33-35(27)22-4-2-3-5-22)34-14-12-19(13-15-34)18-6-9-21(29)10-7-18/h6-12,16-17,22,26H,2-5,13-15H2,1H3,(H,30,36). The number of nitrogens with zero attached hydrogens (tertiary/aromatic N) is 5. The molecule has 37 heavy (non-hydrogen) atoms. The Bertz CT molecular complexity index is 1500. The molecule has 1 aliphatic carbocycles. The largest absolute Gasteiger partial charge is 0.497 e. The van der Waals surface area contributed by atoms with Gasteiger partial charge in [0.25, 0.3) is 5.56 Å². The zero-order valence-corrected chi connectivity index (χ0v) is 20.7. The van der Waals surface area contributed by atoms with Crippen LogP contribution in [-0.2, 0) is 0 Å². The van der Waals surface area contributed by atoms with Gasteiger partial charge in [0.2, 0.25) is 0 Å². The number of halogens is 1. The van der Waals surface area contributed by atoms with E-state index in [-0.39, 0.29) is 17.4 Å². The number of tetrazole rings is 1. The second kappa shape index (κ2) is 9.89. The van der Waals surface area contributed by atoms with Crippen LogP contribution < -0.4 is 10.3 Å². The first-order chi connectivity index (χ1) is 18.1. The molecule has 0 amide bonds. The van der Waals surface area contributed by atoms with Crippen molar-refractivity contribution < 1.29 is 9.13 Å². The number of fused-ring (bicyclic) bond motifs is 1. The van der Waals surface area contributed by atoms with E-state index in [1.165, 1.54) is 17.7 Å². The van der Waals surface area contributed by atoms with E-state index in [2.05, 4.69) is 31.5 Å². The summed E-state index contributed by atoms with van der Waals surface area (Å²) in [5, 5.41) is 13.8. The molecule has 1 atom stereocenters. The lowest BCUT2D eigenvalue weighted by molar-refractivity contribution is 0.229. The number of hydrogen-bond acceptors (Lipinski definition) is 6. The molecular weight excluding hydrogens is 471 g/mol. The number of H-pyrrole nitrogens is 1. The number of benzene rings is 2. The number of nitrogens with one attached hydrogen (secondary N) is 1. The van der Waals surface area contributed by atoms with E-state index in [1.54, 1.807) is 7.11 Å². The highest BCUT2D eigenvalue weighted by atomic mass is 19.1. The van der Waals surface area contributed by atoms with Crippen molar-refractivity contribution in [1.29, 1.82) is 0 Å². The van der Waals surface area contributed by atoms with Gasteiger partial charge in [0, 0.05) is 24.7 Å². The maximum absolute atomic E-state index is 13.5. The quantitative estimate of drug-likeness (QED) is 0.414. The second-order valence-electron chi connectivity index (χ2n) is 9.81. The van der Waals surface area contributed by atoms with Crippen LogP contribution >= 0.6 is 0 Å². The van der Waals surface area contributed by atoms with Gasteiger partial charge in [-0.2, -0.15) is 0 Å². The zero-order valence-electron chi connectivity index (χ0n) is 20.7. The Balaban J connectivity index is 1.42. The summed E-state index contributed by atoms with van der Waals surface area (Å²) < 4.78 is 20.7. The summed E-state index contributed by atoms with van der Waals surface area (Å²) in [5.74, 6) is 1.14. The van der Waals surface area contributed by atoms with Gasteiger partial charge in [-0.05, 0) is 76.5 Å². The van der Waals surface area contributed by atoms with Gasteiger partial charge >= 0.3 is 0 Å². The molecule has 1 N–H and O–H groups in total. The van der Waals surface area contributed by atoms with Gasteiger partial charge < -0.3 is 9.72 Å². The molecular formula is C28H29FN6O2. The highest BCUT2D eigenvalue weighted by Crippen LogP contribution is 2.35. The highest BCUT2D eigenvalue weighted by Gasteiger charge is 2.33. The Labute approximate surface area is 213 Å². The summed E-state index contributed by atoms with van der Waals surface area (Å²) in [6, 6.07) is 14.1. The van der Waals surface area contributed by atoms with Crippen LogP contribution in [0.5, 0.6) is 5.75 Å². The summed E-state index contributed by atoms with van der Waals surface area (Å²) in [6.07, 6.45) is 7.31. The Morgan fingerprint density at radius 1 is 1.11 bits per heavy atom. The molecule has 4 aromatic rings. The van der Waals surface area contributed by atoms with Crippen LogP contribution in [0.25, 0.3) is 16.5 Å². The van der Waals surface area contributed by atoms with Crippen LogP contribution in [0.4, 0.5) is 4.39 Å². The molecule has 0 bridgehead atoms. The average Bonchev–Trinajstić information content (AvgIpc) is 3.62. The molecule has 2 aromatic carbocycles. The first kappa shape index (κ1) is 23.5. The van der Waals surface area contributed by atoms with Crippen molar-refractivity contribution >= 4 is 16.5 Å². The van der Waals surface area contributed by atoms with Gasteiger partial charge in [-0.15, -0.1) is 5.10 Å². The molecule has 8 nitrogen and oxygen atoms in total. The van der Waals surface area contributed by atoms with Crippen molar-refractivity contribution in [2.45, 2.75) is 44.2 Å². The smallest absolute Gasteiger partial charge is 0.253 e. The first-order valence-corrected chi connectivity index (χ1v) is 12.8. The predicted molar refractivity (Wildman–Crippen MR) is 139 cm³/mol. The van der Waals surface area contributed by atoms with E-state index >= 15 is 0 Å². The van der Waals surface area contributed by atoms with E-state index in [0.29, 0.717) is 30.2 Å². The van der Waals surface area contributed by atoms with Gasteiger partial charge in [-0.1, -0.05) is 31.1 Å². The van der Waals surface area contributed by atoms with Crippen molar-refractivity contribution in [2.24, 2.45) is 0 Å². The summed E-state index contributed by atoms with van der Waals surface area (Å²) >= 11 is 0. The van der Waals surface area contributed by atoms with Crippen molar-refractivity contribution in [1.82, 2.24) is 30.1 Å². The normalized spacial score (nSPS) is 17.7. The molecule has 1 fully saturated rings. The van der Waals surface area contributed by atoms with Crippen LogP contribution in [0.1, 0.15) is 61.1 Å². The number of pyridine rings is 1. The number of hydrogen-bond donors (Lipinski definition) is 1. The number of aromatic nitrogens is 5. The van der Waals surface area contributed by atoms with Gasteiger partial charge in [0.05, 0.1) is 18.7 Å². The molecule has 3 heterocycles. The average molecular weight is 501 g/mol. The molecule has 9 heteroatoms. The van der Waals surface area contributed by atoms with Crippen molar-refractivity contribution in [3.05, 3.63) is 87.7 Å². The minimum Gasteiger partial charge on any atom is -0.497 e. The van der Waals surface area contributed by atoms with E-state index in [4.69, 9.17) is 4.74 Å². The number of methoxy groups -OCH3 is 1. The molecule has 0 spiro atoms. The second-order valence-corrected chi connectivity index (χ2v) is 9.81. The fraction of sp³-hybridized carbons (Fsp3) is 0.357. The number of rotatable bonds is 6. The van der Waals surface area contributed by atoms with Crippen molar-refractivity contribution in [3.63, 3.8) is 0 Å². The lowest BCUT2D eigenvalue weighted by Gasteiger charge is -2.33. The molecule has 1 saturated carbocycles. The molecule has 2 aromatic heterocycles. The van der Waals surface area contributed by atoms with Gasteiger partial charge in [-0.3, -0.25) is 9.69 Å². The molecule has 0 radical (unpaired) electrons. The lowest BCUT2D eigenvalue weighted by Crippen LogP contribution is -2.38. The Kier molecular flexibility index (Phi) is 6.30. The zero-order chi connectivity index (χ0) is 25.4. The van der Waals surface area contributed by atoms with Crippen LogP contribution in [0.3, 0.4) is 0 Å². The van der Waals surface area contributed by atoms with Crippen LogP contribution in [0.15, 0.2) is 59.4 Å². The van der Waals surface area contributed by atoms with Crippen LogP contribution in [0, 0.1) is 5.82 Å². The lowest BCUT2D eigenvalue weighted by atomic mass is 9.96. The van der Waals surface area contributed by atoms with E-state index in [0.717, 1.165) is 48.6 Å². The fourth-order valence-electron chi connectivity index (χ4n) is 5.66. The third-order valence-corrected chi connectivity index (χ3v) is 7.63. The first-order valence-electron chi connectivity index (χ1n) is 12.8. The summed E-state index contributed by atoms with van der Waals surface area (Å²) in [5.41, 5.74) is 3.36. The Morgan fingerprint density at radius 3 is 2.65 bits per heavy atom. The van der Waals surface area contributed by atoms with Crippen molar-refractivity contribution in [3.8, 4) is 5.75 Å². The van der Waals surface area contributed by atoms with Crippen LogP contribution in [-0.4, -0.2) is 50.3 Å². The topological polar surface area (TPSA) is 88.9 Å². The fourth-order valence-corrected chi connectivity index (χ4v) is 5.66. The molecule has 0 saturated heterocycles. The Hall–Kier alpha value is -3.85. The summed E-state index contributed by atoms with van der Waals surface area (Å²) in [7, 11) is 1.61. The summed E-state index contributed by atoms with van der Waals surface area (Å²) in [6.45, 7) is 1.33. The van der Waals surface area contributed by atoms with Gasteiger partial charge in [-0.25, -0.2) is 9.07 Å². The van der Waals surface area contributed by atoms with Gasteiger partial charge in [0.15, 0.2) is 5.82 Å². The minimum atomic E-state index is -0.406. The molecule has 1 aliphatic heterocycles. The Morgan fingerprint density at radius 2 is 1.92 bits per heavy atom. The third-order valence-electron chi connectivity index (χ3n) is 7.63. The monoisotopic (exact) mass is 500 g/mol. The van der Waals surface area contributed by atoms with Gasteiger partial charge in [0.1, 0.15) is 17.6 Å². The molecule has 6 rings (SSSR count).